The summed E-state index contributed by atoms with van der Waals surface area (Å²) in [6.45, 7) is 7.04. The maximum atomic E-state index is 11.2. The largest absolute Gasteiger partial charge is 0.494 e. The molecule has 0 aliphatic heterocycles. The van der Waals surface area contributed by atoms with Crippen LogP contribution in [-0.4, -0.2) is 36.4 Å². The van der Waals surface area contributed by atoms with Crippen LogP contribution in [0.1, 0.15) is 27.2 Å². The Morgan fingerprint density at radius 1 is 1.20 bits per heavy atom. The molecule has 0 fully saturated rings. The lowest BCUT2D eigenvalue weighted by molar-refractivity contribution is -0.144. The van der Waals surface area contributed by atoms with Crippen LogP contribution in [0.25, 0.3) is 0 Å². The van der Waals surface area contributed by atoms with Crippen molar-refractivity contribution < 1.29 is 19.4 Å². The highest BCUT2D eigenvalue weighted by atomic mass is 16.5. The van der Waals surface area contributed by atoms with Gasteiger partial charge in [-0.25, -0.2) is 0 Å². The van der Waals surface area contributed by atoms with Crippen LogP contribution < -0.4 is 14.8 Å². The van der Waals surface area contributed by atoms with Crippen molar-refractivity contribution in [1.29, 1.82) is 0 Å². The van der Waals surface area contributed by atoms with Crippen LogP contribution >= 0.6 is 0 Å². The normalized spacial score (nSPS) is 13.6. The standard InChI is InChI=1S/C15H23NO4/c1-4-16-15(3,14(17)18)10-11-20-13-8-6-12(7-9-13)19-5-2/h6-9,16H,4-5,10-11H2,1-3H3,(H,17,18). The zero-order chi connectivity index (χ0) is 15.0. The van der Waals surface area contributed by atoms with Crippen LogP contribution in [0.3, 0.4) is 0 Å². The van der Waals surface area contributed by atoms with E-state index in [2.05, 4.69) is 5.32 Å². The molecule has 0 saturated heterocycles. The Labute approximate surface area is 119 Å². The van der Waals surface area contributed by atoms with Crippen molar-refractivity contribution in [2.45, 2.75) is 32.7 Å². The summed E-state index contributed by atoms with van der Waals surface area (Å²) in [5, 5.41) is 12.2. The molecule has 0 aliphatic carbocycles. The highest BCUT2D eigenvalue weighted by molar-refractivity contribution is 5.78. The second kappa shape index (κ2) is 7.75. The van der Waals surface area contributed by atoms with Crippen LogP contribution in [0.2, 0.25) is 0 Å². The Hall–Kier alpha value is -1.75. The number of benzene rings is 1. The number of carboxylic acids is 1. The summed E-state index contributed by atoms with van der Waals surface area (Å²) in [6, 6.07) is 7.30. The zero-order valence-corrected chi connectivity index (χ0v) is 12.3. The molecule has 112 valence electrons. The first kappa shape index (κ1) is 16.3. The summed E-state index contributed by atoms with van der Waals surface area (Å²) in [5.74, 6) is 0.634. The number of likely N-dealkylation sites (N-methyl/N-ethyl adjacent to an activating group) is 1. The first-order chi connectivity index (χ1) is 9.51. The average molecular weight is 281 g/mol. The zero-order valence-electron chi connectivity index (χ0n) is 12.3. The summed E-state index contributed by atoms with van der Waals surface area (Å²) in [4.78, 5) is 11.2. The van der Waals surface area contributed by atoms with E-state index in [4.69, 9.17) is 9.47 Å². The van der Waals surface area contributed by atoms with Gasteiger partial charge in [-0.15, -0.1) is 0 Å². The van der Waals surface area contributed by atoms with Crippen LogP contribution in [0.5, 0.6) is 11.5 Å². The number of carboxylic acid groups (broad SMARTS) is 1. The number of carbonyl (C=O) groups is 1. The molecule has 0 amide bonds. The SMILES string of the molecule is CCNC(C)(CCOc1ccc(OCC)cc1)C(=O)O. The van der Waals surface area contributed by atoms with E-state index in [0.717, 1.165) is 5.75 Å². The van der Waals surface area contributed by atoms with Crippen LogP contribution in [-0.2, 0) is 4.79 Å². The Bertz CT molecular complexity index is 418. The van der Waals surface area contributed by atoms with E-state index in [1.807, 2.05) is 38.1 Å². The van der Waals surface area contributed by atoms with Crippen molar-refractivity contribution in [3.05, 3.63) is 24.3 Å². The van der Waals surface area contributed by atoms with Gasteiger partial charge in [-0.3, -0.25) is 4.79 Å². The van der Waals surface area contributed by atoms with Crippen molar-refractivity contribution in [1.82, 2.24) is 5.32 Å². The minimum absolute atomic E-state index is 0.337. The fourth-order valence-electron chi connectivity index (χ4n) is 1.83. The first-order valence-electron chi connectivity index (χ1n) is 6.86. The maximum absolute atomic E-state index is 11.2. The molecule has 1 aromatic carbocycles. The molecule has 0 heterocycles. The lowest BCUT2D eigenvalue weighted by Gasteiger charge is -2.25. The Morgan fingerprint density at radius 3 is 2.20 bits per heavy atom. The summed E-state index contributed by atoms with van der Waals surface area (Å²) in [5.41, 5.74) is -0.958. The molecule has 2 N–H and O–H groups in total. The Balaban J connectivity index is 2.48. The molecular formula is C15H23NO4. The van der Waals surface area contributed by atoms with E-state index in [1.165, 1.54) is 0 Å². The van der Waals surface area contributed by atoms with Crippen LogP contribution in [0.15, 0.2) is 24.3 Å². The summed E-state index contributed by atoms with van der Waals surface area (Å²) in [6.07, 6.45) is 0.392. The van der Waals surface area contributed by atoms with Gasteiger partial charge in [0.15, 0.2) is 0 Å². The number of aliphatic carboxylic acids is 1. The quantitative estimate of drug-likeness (QED) is 0.727. The van der Waals surface area contributed by atoms with Crippen molar-refractivity contribution in [2.75, 3.05) is 19.8 Å². The number of hydrogen-bond donors (Lipinski definition) is 2. The lowest BCUT2D eigenvalue weighted by Crippen LogP contribution is -2.50. The summed E-state index contributed by atoms with van der Waals surface area (Å²) in [7, 11) is 0. The van der Waals surface area contributed by atoms with Gasteiger partial charge >= 0.3 is 5.97 Å². The molecule has 1 aromatic rings. The molecule has 5 nitrogen and oxygen atoms in total. The van der Waals surface area contributed by atoms with Crippen LogP contribution in [0, 0.1) is 0 Å². The van der Waals surface area contributed by atoms with Crippen molar-refractivity contribution >= 4 is 5.97 Å². The van der Waals surface area contributed by atoms with Gasteiger partial charge in [0.25, 0.3) is 0 Å². The van der Waals surface area contributed by atoms with Crippen molar-refractivity contribution in [2.24, 2.45) is 0 Å². The second-order valence-electron chi connectivity index (χ2n) is 4.67. The van der Waals surface area contributed by atoms with Gasteiger partial charge in [0.05, 0.1) is 13.2 Å². The highest BCUT2D eigenvalue weighted by Gasteiger charge is 2.31. The Morgan fingerprint density at radius 2 is 1.75 bits per heavy atom. The van der Waals surface area contributed by atoms with E-state index in [1.54, 1.807) is 6.92 Å². The number of nitrogens with one attached hydrogen (secondary N) is 1. The molecule has 0 spiro atoms. The first-order valence-corrected chi connectivity index (χ1v) is 6.86. The molecule has 20 heavy (non-hydrogen) atoms. The highest BCUT2D eigenvalue weighted by Crippen LogP contribution is 2.18. The van der Waals surface area contributed by atoms with Gasteiger partial charge in [0.1, 0.15) is 17.0 Å². The number of hydrogen-bond acceptors (Lipinski definition) is 4. The molecule has 0 aromatic heterocycles. The Kier molecular flexibility index (Phi) is 6.31. The van der Waals surface area contributed by atoms with E-state index in [0.29, 0.717) is 31.9 Å². The van der Waals surface area contributed by atoms with Gasteiger partial charge < -0.3 is 19.9 Å². The average Bonchev–Trinajstić information content (AvgIpc) is 2.41. The molecule has 0 bridgehead atoms. The molecular weight excluding hydrogens is 258 g/mol. The third kappa shape index (κ3) is 4.74. The molecule has 0 saturated carbocycles. The number of ether oxygens (including phenoxy) is 2. The van der Waals surface area contributed by atoms with E-state index in [9.17, 15) is 9.90 Å². The van der Waals surface area contributed by atoms with Crippen LogP contribution in [0.4, 0.5) is 0 Å². The summed E-state index contributed by atoms with van der Waals surface area (Å²) < 4.78 is 10.9. The minimum atomic E-state index is -0.958. The van der Waals surface area contributed by atoms with Gasteiger partial charge in [-0.1, -0.05) is 6.92 Å². The third-order valence-electron chi connectivity index (χ3n) is 3.04. The minimum Gasteiger partial charge on any atom is -0.494 e. The number of rotatable bonds is 9. The van der Waals surface area contributed by atoms with Gasteiger partial charge in [-0.05, 0) is 44.7 Å². The van der Waals surface area contributed by atoms with E-state index >= 15 is 0 Å². The van der Waals surface area contributed by atoms with Crippen molar-refractivity contribution in [3.8, 4) is 11.5 Å². The molecule has 0 radical (unpaired) electrons. The summed E-state index contributed by atoms with van der Waals surface area (Å²) >= 11 is 0. The molecule has 1 atom stereocenters. The maximum Gasteiger partial charge on any atom is 0.323 e. The lowest BCUT2D eigenvalue weighted by atomic mass is 9.98. The monoisotopic (exact) mass is 281 g/mol. The van der Waals surface area contributed by atoms with Gasteiger partial charge in [0.2, 0.25) is 0 Å². The van der Waals surface area contributed by atoms with Gasteiger partial charge in [0, 0.05) is 6.42 Å². The van der Waals surface area contributed by atoms with E-state index < -0.39 is 11.5 Å². The molecule has 5 heteroatoms. The van der Waals surface area contributed by atoms with Gasteiger partial charge in [-0.2, -0.15) is 0 Å². The topological polar surface area (TPSA) is 67.8 Å². The third-order valence-corrected chi connectivity index (χ3v) is 3.04. The second-order valence-corrected chi connectivity index (χ2v) is 4.67. The van der Waals surface area contributed by atoms with Crippen molar-refractivity contribution in [3.63, 3.8) is 0 Å². The predicted molar refractivity (Wildman–Crippen MR) is 77.4 cm³/mol. The smallest absolute Gasteiger partial charge is 0.323 e. The predicted octanol–water partition coefficient (Wildman–Crippen LogP) is 2.31. The fraction of sp³-hybridized carbons (Fsp3) is 0.533. The molecule has 0 aliphatic rings. The fourth-order valence-corrected chi connectivity index (χ4v) is 1.83. The molecule has 1 rings (SSSR count). The van der Waals surface area contributed by atoms with E-state index in [-0.39, 0.29) is 0 Å². The molecule has 1 unspecified atom stereocenters.